The van der Waals surface area contributed by atoms with Crippen LogP contribution in [0.5, 0.6) is 0 Å². The zero-order valence-electron chi connectivity index (χ0n) is 16.9. The molecule has 4 aromatic carbocycles. The van der Waals surface area contributed by atoms with Crippen LogP contribution in [0.4, 0.5) is 0 Å². The monoisotopic (exact) mass is 605 g/mol. The van der Waals surface area contributed by atoms with Crippen molar-refractivity contribution >= 4 is 53.2 Å². The Balaban J connectivity index is 0.000000145. The number of hydrogen-bond donors (Lipinski definition) is 0. The van der Waals surface area contributed by atoms with E-state index >= 15 is 0 Å². The van der Waals surface area contributed by atoms with Crippen LogP contribution in [0.25, 0.3) is 53.1 Å². The first-order valence-corrected chi connectivity index (χ1v) is 10.9. The number of hydrogen-bond acceptors (Lipinski definition) is 3. The first kappa shape index (κ1) is 20.7. The second kappa shape index (κ2) is 8.76. The molecule has 3 heterocycles. The first-order chi connectivity index (χ1) is 15.4. The van der Waals surface area contributed by atoms with Gasteiger partial charge < -0.3 is 9.97 Å². The van der Waals surface area contributed by atoms with Crippen LogP contribution in [0.3, 0.4) is 0 Å². The predicted molar refractivity (Wildman–Crippen MR) is 131 cm³/mol. The average Bonchev–Trinajstić information content (AvgIpc) is 3.25. The van der Waals surface area contributed by atoms with Gasteiger partial charge in [0.1, 0.15) is 0 Å². The summed E-state index contributed by atoms with van der Waals surface area (Å²) in [7, 11) is 0. The molecule has 0 atom stereocenters. The predicted octanol–water partition coefficient (Wildman–Crippen LogP) is 7.54. The van der Waals surface area contributed by atoms with E-state index < -0.39 is 0 Å². The van der Waals surface area contributed by atoms with Gasteiger partial charge in [0.25, 0.3) is 0 Å². The molecule has 7 rings (SSSR count). The van der Waals surface area contributed by atoms with Crippen LogP contribution in [-0.2, 0) is 20.1 Å². The summed E-state index contributed by atoms with van der Waals surface area (Å²) in [6.07, 6.45) is 3.65. The van der Waals surface area contributed by atoms with E-state index in [-0.39, 0.29) is 20.1 Å². The van der Waals surface area contributed by atoms with Gasteiger partial charge in [-0.1, -0.05) is 35.7 Å². The van der Waals surface area contributed by atoms with Gasteiger partial charge in [-0.3, -0.25) is 0 Å². The third-order valence-electron chi connectivity index (χ3n) is 5.44. The number of aromatic nitrogens is 2. The summed E-state index contributed by atoms with van der Waals surface area (Å²) in [6.45, 7) is 0. The maximum Gasteiger partial charge on any atom is 0.0251 e. The average molecular weight is 605 g/mol. The second-order valence-electron chi connectivity index (χ2n) is 7.26. The van der Waals surface area contributed by atoms with Gasteiger partial charge in [-0.15, -0.1) is 59.5 Å². The summed E-state index contributed by atoms with van der Waals surface area (Å²) >= 11 is 1.85. The molecule has 0 aliphatic carbocycles. The van der Waals surface area contributed by atoms with Crippen LogP contribution < -0.4 is 0 Å². The van der Waals surface area contributed by atoms with Gasteiger partial charge in [0.2, 0.25) is 0 Å². The van der Waals surface area contributed by atoms with E-state index in [1.807, 2.05) is 72.1 Å². The van der Waals surface area contributed by atoms with E-state index in [1.54, 1.807) is 6.20 Å². The Morgan fingerprint density at radius 1 is 0.625 bits per heavy atom. The normalized spacial score (nSPS) is 10.9. The molecule has 0 saturated carbocycles. The van der Waals surface area contributed by atoms with Gasteiger partial charge in [-0.2, -0.15) is 11.3 Å². The van der Waals surface area contributed by atoms with Gasteiger partial charge in [-0.25, -0.2) is 0 Å². The molecule has 2 nitrogen and oxygen atoms in total. The molecule has 0 saturated heterocycles. The minimum atomic E-state index is 0. The van der Waals surface area contributed by atoms with Crippen LogP contribution in [0, 0.1) is 12.1 Å². The van der Waals surface area contributed by atoms with E-state index in [2.05, 4.69) is 52.4 Å². The summed E-state index contributed by atoms with van der Waals surface area (Å²) in [5.74, 6) is 0. The fraction of sp³-hybridized carbons (Fsp3) is 0. The minimum absolute atomic E-state index is 0. The SMILES string of the molecule is [Ir].[c-]1ccc2sc3cccc4c5cccnc5c1c2c34.[c-]1ccccc1-c1ccccn1. The van der Waals surface area contributed by atoms with Crippen LogP contribution in [0.1, 0.15) is 0 Å². The summed E-state index contributed by atoms with van der Waals surface area (Å²) < 4.78 is 2.68. The molecule has 7 aromatic rings. The largest absolute Gasteiger partial charge is 0.305 e. The molecule has 0 bridgehead atoms. The van der Waals surface area contributed by atoms with Gasteiger partial charge >= 0.3 is 0 Å². The fourth-order valence-corrected chi connectivity index (χ4v) is 5.25. The standard InChI is InChI=1S/C17H8NS.C11H8N.Ir/c1-4-10-11-6-3-9-18-17(11)12-5-2-8-14-16(12)15(10)13(7-1)19-14;1-2-6-10(7-3-1)11-8-4-5-9-12-11;/h1-4,6-9H;1-6,8-9H;/q2*-1;. The zero-order chi connectivity index (χ0) is 20.6. The molecule has 0 spiro atoms. The summed E-state index contributed by atoms with van der Waals surface area (Å²) in [5, 5.41) is 6.37. The minimum Gasteiger partial charge on any atom is -0.305 e. The van der Waals surface area contributed by atoms with E-state index in [4.69, 9.17) is 0 Å². The third kappa shape index (κ3) is 3.47. The van der Waals surface area contributed by atoms with Gasteiger partial charge in [0.05, 0.1) is 0 Å². The van der Waals surface area contributed by atoms with Gasteiger partial charge in [-0.05, 0) is 50.3 Å². The number of nitrogens with zero attached hydrogens (tertiary/aromatic N) is 2. The van der Waals surface area contributed by atoms with Crippen molar-refractivity contribution in [2.75, 3.05) is 0 Å². The van der Waals surface area contributed by atoms with Crippen LogP contribution in [0.15, 0.2) is 97.3 Å². The fourth-order valence-electron chi connectivity index (χ4n) is 4.11. The van der Waals surface area contributed by atoms with Gasteiger partial charge in [0, 0.05) is 37.2 Å². The van der Waals surface area contributed by atoms with E-state index in [0.717, 1.165) is 22.2 Å². The Bertz CT molecular complexity index is 1500. The Hall–Kier alpha value is -3.17. The van der Waals surface area contributed by atoms with E-state index in [1.165, 1.54) is 30.9 Å². The van der Waals surface area contributed by atoms with Crippen molar-refractivity contribution in [2.45, 2.75) is 0 Å². The van der Waals surface area contributed by atoms with Gasteiger partial charge in [0.15, 0.2) is 0 Å². The molecule has 32 heavy (non-hydrogen) atoms. The summed E-state index contributed by atoms with van der Waals surface area (Å²) in [4.78, 5) is 8.80. The molecule has 4 heteroatoms. The van der Waals surface area contributed by atoms with E-state index in [0.29, 0.717) is 0 Å². The number of pyridine rings is 2. The Kier molecular flexibility index (Phi) is 5.67. The third-order valence-corrected chi connectivity index (χ3v) is 6.56. The topological polar surface area (TPSA) is 25.8 Å². The smallest absolute Gasteiger partial charge is 0.0251 e. The quantitative estimate of drug-likeness (QED) is 0.143. The molecular formula is C28H16IrN2S-2. The molecule has 1 radical (unpaired) electrons. The van der Waals surface area contributed by atoms with Crippen molar-refractivity contribution in [2.24, 2.45) is 0 Å². The van der Waals surface area contributed by atoms with Crippen molar-refractivity contribution in [3.63, 3.8) is 0 Å². The molecule has 0 amide bonds. The molecule has 0 aliphatic rings. The molecule has 0 unspecified atom stereocenters. The zero-order valence-corrected chi connectivity index (χ0v) is 20.1. The molecule has 0 aliphatic heterocycles. The van der Waals surface area contributed by atoms with Crippen LogP contribution in [0.2, 0.25) is 0 Å². The Morgan fingerprint density at radius 2 is 1.47 bits per heavy atom. The molecule has 0 fully saturated rings. The molecule has 3 aromatic heterocycles. The maximum atomic E-state index is 4.58. The number of benzene rings is 4. The molecule has 0 N–H and O–H groups in total. The Morgan fingerprint density at radius 3 is 2.31 bits per heavy atom. The van der Waals surface area contributed by atoms with Crippen LogP contribution >= 0.6 is 11.3 Å². The summed E-state index contributed by atoms with van der Waals surface area (Å²) in [5.41, 5.74) is 3.07. The van der Waals surface area contributed by atoms with Crippen molar-refractivity contribution in [1.29, 1.82) is 0 Å². The number of rotatable bonds is 1. The van der Waals surface area contributed by atoms with E-state index in [9.17, 15) is 0 Å². The van der Waals surface area contributed by atoms with Crippen molar-refractivity contribution in [3.05, 3.63) is 109 Å². The Labute approximate surface area is 203 Å². The first-order valence-electron chi connectivity index (χ1n) is 10.1. The second-order valence-corrected chi connectivity index (χ2v) is 8.35. The summed E-state index contributed by atoms with van der Waals surface area (Å²) in [6, 6.07) is 35.1. The maximum absolute atomic E-state index is 4.58. The number of thiophene rings is 1. The van der Waals surface area contributed by atoms with Crippen LogP contribution in [-0.4, -0.2) is 9.97 Å². The number of fused-ring (bicyclic) bond motifs is 3. The van der Waals surface area contributed by atoms with Crippen molar-refractivity contribution in [3.8, 4) is 11.3 Å². The van der Waals surface area contributed by atoms with Crippen molar-refractivity contribution in [1.82, 2.24) is 9.97 Å². The molecular weight excluding hydrogens is 589 g/mol. The molecule has 155 valence electrons. The van der Waals surface area contributed by atoms with Crippen molar-refractivity contribution < 1.29 is 20.1 Å².